The zero-order chi connectivity index (χ0) is 8.39. The van der Waals surface area contributed by atoms with Gasteiger partial charge in [0, 0.05) is 10.5 Å². The van der Waals surface area contributed by atoms with Gasteiger partial charge in [-0.25, -0.2) is 0 Å². The standard InChI is InChI=1S/C5H2N4O3.K.H/c10-5(3-1-11-8-6-3)4-2-12-9-7-4;;/h1-2H;;. The van der Waals surface area contributed by atoms with Crippen LogP contribution in [0.5, 0.6) is 0 Å². The molecule has 2 aromatic heterocycles. The predicted octanol–water partition coefficient (Wildman–Crippen LogP) is -0.965. The first-order chi connectivity index (χ1) is 5.88. The molecule has 0 aliphatic heterocycles. The van der Waals surface area contributed by atoms with Gasteiger partial charge in [-0.1, -0.05) is 0 Å². The van der Waals surface area contributed by atoms with Crippen LogP contribution in [0.1, 0.15) is 16.2 Å². The fraction of sp³-hybridized carbons (Fsp3) is 0. The van der Waals surface area contributed by atoms with E-state index < -0.39 is 5.78 Å². The van der Waals surface area contributed by atoms with Crippen molar-refractivity contribution < 1.29 is 13.8 Å². The van der Waals surface area contributed by atoms with Crippen LogP contribution in [-0.2, 0) is 0 Å². The van der Waals surface area contributed by atoms with Gasteiger partial charge < -0.3 is 9.05 Å². The van der Waals surface area contributed by atoms with E-state index in [4.69, 9.17) is 0 Å². The van der Waals surface area contributed by atoms with Crippen molar-refractivity contribution in [1.82, 2.24) is 20.7 Å². The van der Waals surface area contributed by atoms with Crippen molar-refractivity contribution >= 4 is 57.2 Å². The van der Waals surface area contributed by atoms with Gasteiger partial charge in [-0.05, 0) is 0 Å². The quantitative estimate of drug-likeness (QED) is 0.461. The third kappa shape index (κ3) is 2.29. The summed E-state index contributed by atoms with van der Waals surface area (Å²) in [7, 11) is 0. The van der Waals surface area contributed by atoms with Gasteiger partial charge >= 0.3 is 51.4 Å². The van der Waals surface area contributed by atoms with Crippen LogP contribution in [0.4, 0.5) is 0 Å². The van der Waals surface area contributed by atoms with E-state index in [1.807, 2.05) is 0 Å². The number of hydrogen-bond donors (Lipinski definition) is 0. The Kier molecular flexibility index (Phi) is 3.87. The number of carbonyl (C=O) groups excluding carboxylic acids is 1. The molecule has 0 N–H and O–H groups in total. The number of rotatable bonds is 2. The van der Waals surface area contributed by atoms with Gasteiger partial charge in [0.2, 0.25) is 5.78 Å². The first kappa shape index (κ1) is 10.7. The van der Waals surface area contributed by atoms with Gasteiger partial charge in [0.1, 0.15) is 0 Å². The molecule has 2 rings (SSSR count). The van der Waals surface area contributed by atoms with E-state index in [0.717, 1.165) is 12.5 Å². The average molecular weight is 206 g/mol. The van der Waals surface area contributed by atoms with Gasteiger partial charge in [0.05, 0.1) is 0 Å². The summed E-state index contributed by atoms with van der Waals surface area (Å²) in [6, 6.07) is 0. The molecule has 7 nitrogen and oxygen atoms in total. The molecular formula is C5H3KN4O3. The first-order valence-electron chi connectivity index (χ1n) is 2.97. The molecule has 0 fully saturated rings. The second-order valence-corrected chi connectivity index (χ2v) is 1.91. The van der Waals surface area contributed by atoms with Crippen LogP contribution in [0.2, 0.25) is 0 Å². The van der Waals surface area contributed by atoms with Crippen LogP contribution in [0, 0.1) is 0 Å². The number of nitrogens with zero attached hydrogens (tertiary/aromatic N) is 4. The van der Waals surface area contributed by atoms with Crippen LogP contribution < -0.4 is 0 Å². The molecule has 0 spiro atoms. The van der Waals surface area contributed by atoms with Crippen LogP contribution in [-0.4, -0.2) is 77.9 Å². The molecule has 62 valence electrons. The van der Waals surface area contributed by atoms with Gasteiger partial charge in [0.15, 0.2) is 23.9 Å². The van der Waals surface area contributed by atoms with Gasteiger partial charge in [-0.15, -0.1) is 10.2 Å². The Morgan fingerprint density at radius 3 is 1.85 bits per heavy atom. The topological polar surface area (TPSA) is 94.9 Å². The fourth-order valence-electron chi connectivity index (χ4n) is 0.658. The Balaban J connectivity index is 0.000000845. The van der Waals surface area contributed by atoms with Crippen LogP contribution >= 0.6 is 0 Å². The molecule has 0 unspecified atom stereocenters. The van der Waals surface area contributed by atoms with Crippen LogP contribution in [0.15, 0.2) is 21.6 Å². The summed E-state index contributed by atoms with van der Waals surface area (Å²) in [4.78, 5) is 11.2. The minimum absolute atomic E-state index is 0. The molecule has 0 aliphatic rings. The number of carbonyl (C=O) groups is 1. The first-order valence-corrected chi connectivity index (χ1v) is 2.97. The Bertz CT molecular complexity index is 334. The van der Waals surface area contributed by atoms with E-state index in [1.54, 1.807) is 0 Å². The van der Waals surface area contributed by atoms with Crippen molar-refractivity contribution in [2.24, 2.45) is 0 Å². The van der Waals surface area contributed by atoms with Crippen molar-refractivity contribution in [3.05, 3.63) is 23.9 Å². The molecular weight excluding hydrogens is 203 g/mol. The Morgan fingerprint density at radius 1 is 1.08 bits per heavy atom. The minimum atomic E-state index is -0.433. The molecule has 0 bridgehead atoms. The Labute approximate surface area is 114 Å². The number of aromatic nitrogens is 4. The molecule has 8 heteroatoms. The molecule has 0 saturated carbocycles. The number of ketones is 1. The summed E-state index contributed by atoms with van der Waals surface area (Å²) in [6.07, 6.45) is 2.24. The molecule has 0 aromatic carbocycles. The zero-order valence-electron chi connectivity index (χ0n) is 5.67. The van der Waals surface area contributed by atoms with Crippen molar-refractivity contribution in [2.75, 3.05) is 0 Å². The SMILES string of the molecule is O=C(c1conn1)c1conn1.[KH]. The molecule has 0 saturated heterocycles. The molecule has 2 aromatic rings. The predicted molar refractivity (Wildman–Crippen MR) is 39.2 cm³/mol. The zero-order valence-corrected chi connectivity index (χ0v) is 5.67. The van der Waals surface area contributed by atoms with Crippen molar-refractivity contribution in [1.29, 1.82) is 0 Å². The third-order valence-electron chi connectivity index (χ3n) is 1.19. The molecule has 0 amide bonds. The molecule has 2 heterocycles. The van der Waals surface area contributed by atoms with Crippen molar-refractivity contribution in [2.45, 2.75) is 0 Å². The van der Waals surface area contributed by atoms with E-state index in [1.165, 1.54) is 0 Å². The Hall–Kier alpha value is -0.414. The summed E-state index contributed by atoms with van der Waals surface area (Å²) in [5.74, 6) is -0.433. The molecule has 0 atom stereocenters. The summed E-state index contributed by atoms with van der Waals surface area (Å²) in [5.41, 5.74) is 0.149. The van der Waals surface area contributed by atoms with E-state index in [9.17, 15) is 4.79 Å². The van der Waals surface area contributed by atoms with Crippen molar-refractivity contribution in [3.8, 4) is 0 Å². The third-order valence-corrected chi connectivity index (χ3v) is 1.19. The molecule has 0 radical (unpaired) electrons. The maximum atomic E-state index is 11.2. The molecule has 0 aliphatic carbocycles. The van der Waals surface area contributed by atoms with Crippen LogP contribution in [0.3, 0.4) is 0 Å². The normalized spacial score (nSPS) is 9.23. The molecule has 13 heavy (non-hydrogen) atoms. The summed E-state index contributed by atoms with van der Waals surface area (Å²) < 4.78 is 8.75. The van der Waals surface area contributed by atoms with E-state index in [0.29, 0.717) is 0 Å². The summed E-state index contributed by atoms with van der Waals surface area (Å²) >= 11 is 0. The van der Waals surface area contributed by atoms with E-state index in [-0.39, 0.29) is 62.8 Å². The average Bonchev–Trinajstić information content (AvgIpc) is 2.77. The number of hydrogen-bond acceptors (Lipinski definition) is 7. The maximum absolute atomic E-state index is 11.2. The summed E-state index contributed by atoms with van der Waals surface area (Å²) in [5, 5.41) is 13.0. The Morgan fingerprint density at radius 2 is 1.54 bits per heavy atom. The second kappa shape index (κ2) is 4.72. The van der Waals surface area contributed by atoms with Crippen molar-refractivity contribution in [3.63, 3.8) is 0 Å². The van der Waals surface area contributed by atoms with Gasteiger partial charge in [-0.3, -0.25) is 4.79 Å². The monoisotopic (exact) mass is 206 g/mol. The second-order valence-electron chi connectivity index (χ2n) is 1.91. The fourth-order valence-corrected chi connectivity index (χ4v) is 0.658. The van der Waals surface area contributed by atoms with Gasteiger partial charge in [-0.2, -0.15) is 0 Å². The summed E-state index contributed by atoms with van der Waals surface area (Å²) in [6.45, 7) is 0. The van der Waals surface area contributed by atoms with E-state index in [2.05, 4.69) is 29.8 Å². The van der Waals surface area contributed by atoms with Gasteiger partial charge in [0.25, 0.3) is 0 Å². The van der Waals surface area contributed by atoms with Crippen LogP contribution in [0.25, 0.3) is 0 Å². The van der Waals surface area contributed by atoms with E-state index >= 15 is 0 Å².